The van der Waals surface area contributed by atoms with Gasteiger partial charge in [0, 0.05) is 24.5 Å². The zero-order valence-corrected chi connectivity index (χ0v) is 14.3. The molecule has 1 aromatic rings. The predicted octanol–water partition coefficient (Wildman–Crippen LogP) is 2.71. The van der Waals surface area contributed by atoms with Crippen molar-refractivity contribution in [2.45, 2.75) is 70.1 Å². The van der Waals surface area contributed by atoms with Crippen LogP contribution in [-0.4, -0.2) is 35.8 Å². The number of aliphatic hydroxyl groups excluding tert-OH is 1. The van der Waals surface area contributed by atoms with Crippen molar-refractivity contribution >= 4 is 5.96 Å². The van der Waals surface area contributed by atoms with E-state index in [-0.39, 0.29) is 6.10 Å². The highest BCUT2D eigenvalue weighted by Crippen LogP contribution is 2.42. The number of nitrogens with one attached hydrogen (secondary N) is 2. The molecule has 2 aliphatic carbocycles. The maximum absolute atomic E-state index is 9.63. The van der Waals surface area contributed by atoms with Gasteiger partial charge in [0.2, 0.25) is 0 Å². The molecule has 0 aromatic heterocycles. The van der Waals surface area contributed by atoms with Gasteiger partial charge in [-0.1, -0.05) is 24.3 Å². The number of nitrogens with zero attached hydrogens (tertiary/aromatic N) is 1. The maximum Gasteiger partial charge on any atom is 0.191 e. The second kappa shape index (κ2) is 7.35. The number of aryl methyl sites for hydroxylation is 1. The van der Waals surface area contributed by atoms with Crippen LogP contribution in [-0.2, 0) is 0 Å². The summed E-state index contributed by atoms with van der Waals surface area (Å²) in [5.41, 5.74) is 2.84. The van der Waals surface area contributed by atoms with Crippen LogP contribution in [0.1, 0.15) is 56.1 Å². The van der Waals surface area contributed by atoms with E-state index in [1.54, 1.807) is 0 Å². The number of benzene rings is 1. The molecular weight excluding hydrogens is 286 g/mol. The van der Waals surface area contributed by atoms with E-state index in [4.69, 9.17) is 0 Å². The summed E-state index contributed by atoms with van der Waals surface area (Å²) in [6.45, 7) is 5.05. The third kappa shape index (κ3) is 4.25. The smallest absolute Gasteiger partial charge is 0.191 e. The molecule has 0 aliphatic heterocycles. The first-order valence-electron chi connectivity index (χ1n) is 8.98. The molecule has 0 radical (unpaired) electrons. The van der Waals surface area contributed by atoms with E-state index >= 15 is 0 Å². The van der Waals surface area contributed by atoms with Crippen LogP contribution in [0.15, 0.2) is 29.3 Å². The molecule has 126 valence electrons. The van der Waals surface area contributed by atoms with Gasteiger partial charge in [-0.3, -0.25) is 4.99 Å². The molecule has 0 heterocycles. The van der Waals surface area contributed by atoms with Crippen LogP contribution >= 0.6 is 0 Å². The molecule has 4 heteroatoms. The molecular formula is C19H29N3O. The standard InChI is InChI=1S/C19H29N3O/c1-3-20-19(21-14-8-10-15(23)11-9-14)22-18-12-17(18)16-7-5-4-6-13(16)2/h4-7,14-15,17-18,23H,3,8-12H2,1-2H3,(H2,20,21,22). The summed E-state index contributed by atoms with van der Waals surface area (Å²) in [5.74, 6) is 1.54. The van der Waals surface area contributed by atoms with E-state index in [2.05, 4.69) is 53.7 Å². The van der Waals surface area contributed by atoms with Crippen LogP contribution in [0.5, 0.6) is 0 Å². The van der Waals surface area contributed by atoms with Gasteiger partial charge in [-0.25, -0.2) is 0 Å². The molecule has 2 unspecified atom stereocenters. The van der Waals surface area contributed by atoms with Crippen LogP contribution < -0.4 is 10.6 Å². The molecule has 2 fully saturated rings. The van der Waals surface area contributed by atoms with Crippen molar-refractivity contribution in [3.05, 3.63) is 35.4 Å². The van der Waals surface area contributed by atoms with Crippen molar-refractivity contribution < 1.29 is 5.11 Å². The highest BCUT2D eigenvalue weighted by molar-refractivity contribution is 5.81. The highest BCUT2D eigenvalue weighted by atomic mass is 16.3. The quantitative estimate of drug-likeness (QED) is 0.591. The fraction of sp³-hybridized carbons (Fsp3) is 0.632. The third-order valence-corrected chi connectivity index (χ3v) is 5.05. The Bertz CT molecular complexity index is 549. The van der Waals surface area contributed by atoms with E-state index in [1.165, 1.54) is 17.5 Å². The van der Waals surface area contributed by atoms with Gasteiger partial charge in [-0.05, 0) is 57.1 Å². The number of rotatable bonds is 4. The van der Waals surface area contributed by atoms with Gasteiger partial charge in [0.1, 0.15) is 0 Å². The summed E-state index contributed by atoms with van der Waals surface area (Å²) >= 11 is 0. The molecule has 1 aromatic carbocycles. The molecule has 2 saturated carbocycles. The molecule has 0 saturated heterocycles. The molecule has 4 nitrogen and oxygen atoms in total. The summed E-state index contributed by atoms with van der Waals surface area (Å²) in [5, 5.41) is 16.8. The van der Waals surface area contributed by atoms with Gasteiger partial charge in [0.15, 0.2) is 5.96 Å². The van der Waals surface area contributed by atoms with Crippen molar-refractivity contribution in [2.24, 2.45) is 4.99 Å². The van der Waals surface area contributed by atoms with Crippen molar-refractivity contribution in [2.75, 3.05) is 6.54 Å². The first kappa shape index (κ1) is 16.3. The predicted molar refractivity (Wildman–Crippen MR) is 94.8 cm³/mol. The number of aliphatic hydroxyl groups is 1. The Morgan fingerprint density at radius 2 is 1.91 bits per heavy atom. The summed E-state index contributed by atoms with van der Waals surface area (Å²) in [4.78, 5) is 4.60. The summed E-state index contributed by atoms with van der Waals surface area (Å²) in [6.07, 6.45) is 4.91. The van der Waals surface area contributed by atoms with Crippen LogP contribution in [0.2, 0.25) is 0 Å². The minimum absolute atomic E-state index is 0.110. The SMILES string of the molecule is CCN=C(NC1CCC(O)CC1)NC1CC1c1ccccc1C. The van der Waals surface area contributed by atoms with Crippen LogP contribution in [0.3, 0.4) is 0 Å². The lowest BCUT2D eigenvalue weighted by molar-refractivity contribution is 0.120. The lowest BCUT2D eigenvalue weighted by atomic mass is 9.93. The Hall–Kier alpha value is -1.55. The summed E-state index contributed by atoms with van der Waals surface area (Å²) in [6, 6.07) is 9.60. The fourth-order valence-corrected chi connectivity index (χ4v) is 3.58. The van der Waals surface area contributed by atoms with Crippen molar-refractivity contribution in [3.63, 3.8) is 0 Å². The second-order valence-corrected chi connectivity index (χ2v) is 6.92. The van der Waals surface area contributed by atoms with E-state index in [0.717, 1.165) is 38.2 Å². The molecule has 0 bridgehead atoms. The normalized spacial score (nSPS) is 30.8. The maximum atomic E-state index is 9.63. The summed E-state index contributed by atoms with van der Waals surface area (Å²) < 4.78 is 0. The van der Waals surface area contributed by atoms with Crippen LogP contribution in [0.25, 0.3) is 0 Å². The zero-order valence-electron chi connectivity index (χ0n) is 14.3. The van der Waals surface area contributed by atoms with Crippen molar-refractivity contribution in [1.29, 1.82) is 0 Å². The highest BCUT2D eigenvalue weighted by Gasteiger charge is 2.39. The average Bonchev–Trinajstić information content (AvgIpc) is 3.29. The molecule has 0 amide bonds. The fourth-order valence-electron chi connectivity index (χ4n) is 3.58. The Labute approximate surface area is 139 Å². The van der Waals surface area contributed by atoms with E-state index in [9.17, 15) is 5.11 Å². The molecule has 23 heavy (non-hydrogen) atoms. The summed E-state index contributed by atoms with van der Waals surface area (Å²) in [7, 11) is 0. The third-order valence-electron chi connectivity index (χ3n) is 5.05. The average molecular weight is 315 g/mol. The molecule has 3 N–H and O–H groups in total. The van der Waals surface area contributed by atoms with Gasteiger partial charge in [-0.2, -0.15) is 0 Å². The Balaban J connectivity index is 1.55. The van der Waals surface area contributed by atoms with Crippen LogP contribution in [0, 0.1) is 6.92 Å². The number of aliphatic imine (C=N–C) groups is 1. The first-order valence-corrected chi connectivity index (χ1v) is 8.98. The largest absolute Gasteiger partial charge is 0.393 e. The molecule has 0 spiro atoms. The van der Waals surface area contributed by atoms with Crippen molar-refractivity contribution in [1.82, 2.24) is 10.6 Å². The van der Waals surface area contributed by atoms with Gasteiger partial charge in [-0.15, -0.1) is 0 Å². The van der Waals surface area contributed by atoms with Crippen molar-refractivity contribution in [3.8, 4) is 0 Å². The first-order chi connectivity index (χ1) is 11.2. The lowest BCUT2D eigenvalue weighted by Crippen LogP contribution is -2.46. The Kier molecular flexibility index (Phi) is 5.21. The monoisotopic (exact) mass is 315 g/mol. The van der Waals surface area contributed by atoms with Gasteiger partial charge < -0.3 is 15.7 Å². The minimum Gasteiger partial charge on any atom is -0.393 e. The van der Waals surface area contributed by atoms with Gasteiger partial charge in [0.05, 0.1) is 6.10 Å². The van der Waals surface area contributed by atoms with E-state index in [1.807, 2.05) is 0 Å². The zero-order chi connectivity index (χ0) is 16.2. The number of hydrogen-bond donors (Lipinski definition) is 3. The Morgan fingerprint density at radius 1 is 1.17 bits per heavy atom. The topological polar surface area (TPSA) is 56.7 Å². The van der Waals surface area contributed by atoms with Gasteiger partial charge >= 0.3 is 0 Å². The number of hydrogen-bond acceptors (Lipinski definition) is 2. The van der Waals surface area contributed by atoms with E-state index < -0.39 is 0 Å². The Morgan fingerprint density at radius 3 is 2.61 bits per heavy atom. The van der Waals surface area contributed by atoms with Gasteiger partial charge in [0.25, 0.3) is 0 Å². The number of guanidine groups is 1. The van der Waals surface area contributed by atoms with E-state index in [0.29, 0.717) is 18.0 Å². The molecule has 2 aliphatic rings. The minimum atomic E-state index is -0.110. The molecule has 3 rings (SSSR count). The second-order valence-electron chi connectivity index (χ2n) is 6.92. The molecule has 2 atom stereocenters. The van der Waals surface area contributed by atoms with Crippen LogP contribution in [0.4, 0.5) is 0 Å². The lowest BCUT2D eigenvalue weighted by Gasteiger charge is -2.27.